The van der Waals surface area contributed by atoms with E-state index in [-0.39, 0.29) is 52.9 Å². The summed E-state index contributed by atoms with van der Waals surface area (Å²) in [5.41, 5.74) is -3.44. The zero-order valence-electron chi connectivity index (χ0n) is 21.9. The van der Waals surface area contributed by atoms with Crippen LogP contribution in [0.15, 0.2) is 36.5 Å². The fraction of sp³-hybridized carbons (Fsp3) is 0.310. The van der Waals surface area contributed by atoms with Gasteiger partial charge in [-0.15, -0.1) is 0 Å². The van der Waals surface area contributed by atoms with Crippen molar-refractivity contribution in [1.29, 1.82) is 5.26 Å². The summed E-state index contributed by atoms with van der Waals surface area (Å²) < 4.78 is 74.7. The summed E-state index contributed by atoms with van der Waals surface area (Å²) in [4.78, 5) is 32.2. The lowest BCUT2D eigenvalue weighted by Crippen LogP contribution is -2.58. The zero-order valence-corrected chi connectivity index (χ0v) is 22.7. The summed E-state index contributed by atoms with van der Waals surface area (Å²) in [5, 5.41) is 11.7. The molecule has 1 saturated heterocycles. The van der Waals surface area contributed by atoms with E-state index in [1.807, 2.05) is 0 Å². The summed E-state index contributed by atoms with van der Waals surface area (Å²) in [5.74, 6) is -6.14. The molecule has 0 unspecified atom stereocenters. The number of nitrogens with one attached hydrogen (secondary N) is 1. The molecule has 0 bridgehead atoms. The van der Waals surface area contributed by atoms with Crippen molar-refractivity contribution in [3.63, 3.8) is 0 Å². The SMILES string of the molecule is C[C@]1(c2cccc(Cl)c2F)CN(c2cc(F)c(C#N)cc2F)C(=O)c2cnc(NC3CN(C(=O)[C@@H]4C[C@@H]4F)C3)c(F)c21. The third-order valence-electron chi connectivity index (χ3n) is 8.08. The number of hydrogen-bond donors (Lipinski definition) is 1. The van der Waals surface area contributed by atoms with E-state index in [0.29, 0.717) is 12.1 Å². The Bertz CT molecular complexity index is 1710. The normalized spacial score (nSPS) is 23.2. The maximum absolute atomic E-state index is 16.3. The molecule has 3 aliphatic rings. The van der Waals surface area contributed by atoms with Crippen molar-refractivity contribution in [2.24, 2.45) is 5.92 Å². The van der Waals surface area contributed by atoms with Crippen LogP contribution in [0, 0.1) is 40.5 Å². The predicted molar refractivity (Wildman–Crippen MR) is 142 cm³/mol. The minimum Gasteiger partial charge on any atom is -0.361 e. The van der Waals surface area contributed by atoms with Gasteiger partial charge in [-0.1, -0.05) is 23.7 Å². The Morgan fingerprint density at radius 1 is 1.17 bits per heavy atom. The van der Waals surface area contributed by atoms with Crippen molar-refractivity contribution in [1.82, 2.24) is 9.88 Å². The molecule has 3 aromatic rings. The van der Waals surface area contributed by atoms with Crippen molar-refractivity contribution in [3.05, 3.63) is 87.1 Å². The molecule has 2 amide bonds. The number of likely N-dealkylation sites (tertiary alicyclic amines) is 1. The molecule has 2 fully saturated rings. The second-order valence-electron chi connectivity index (χ2n) is 10.9. The number of rotatable bonds is 5. The van der Waals surface area contributed by atoms with Crippen LogP contribution in [0.1, 0.15) is 40.4 Å². The van der Waals surface area contributed by atoms with Gasteiger partial charge in [0.1, 0.15) is 29.7 Å². The van der Waals surface area contributed by atoms with Gasteiger partial charge in [0, 0.05) is 48.4 Å². The molecule has 2 aromatic carbocycles. The highest BCUT2D eigenvalue weighted by molar-refractivity contribution is 6.30. The number of alkyl halides is 1. The molecule has 1 aliphatic carbocycles. The average molecular weight is 602 g/mol. The first-order chi connectivity index (χ1) is 19.9. The average Bonchev–Trinajstić information content (AvgIpc) is 3.67. The van der Waals surface area contributed by atoms with Crippen LogP contribution in [0.25, 0.3) is 0 Å². The molecular weight excluding hydrogens is 581 g/mol. The number of aromatic nitrogens is 1. The van der Waals surface area contributed by atoms with E-state index in [4.69, 9.17) is 16.9 Å². The monoisotopic (exact) mass is 601 g/mol. The van der Waals surface area contributed by atoms with Crippen LogP contribution in [-0.4, -0.2) is 53.5 Å². The Morgan fingerprint density at radius 3 is 2.55 bits per heavy atom. The standard InChI is InChI=1S/C29H21ClF5N5O2/c1-29(17-3-2-4-18(30)24(17)34)12-40(22-7-19(31)13(8-36)5-21(22)33)28(42)16-9-37-26(25(35)23(16)29)38-14-10-39(11-14)27(41)15-6-20(15)32/h2-5,7,9,14-15,20H,6,10-12H2,1H3,(H,37,38)/t15-,20+,29-/m1/s1. The van der Waals surface area contributed by atoms with Crippen molar-refractivity contribution in [2.45, 2.75) is 31.0 Å². The van der Waals surface area contributed by atoms with Crippen molar-refractivity contribution in [2.75, 3.05) is 29.9 Å². The molecule has 3 atom stereocenters. The molecule has 1 N–H and O–H groups in total. The molecule has 0 spiro atoms. The van der Waals surface area contributed by atoms with E-state index >= 15 is 13.2 Å². The first-order valence-electron chi connectivity index (χ1n) is 13.0. The molecule has 7 nitrogen and oxygen atoms in total. The van der Waals surface area contributed by atoms with Crippen LogP contribution in [0.5, 0.6) is 0 Å². The second kappa shape index (κ2) is 9.94. The topological polar surface area (TPSA) is 89.3 Å². The highest BCUT2D eigenvalue weighted by atomic mass is 35.5. The highest BCUT2D eigenvalue weighted by Crippen LogP contribution is 2.45. The van der Waals surface area contributed by atoms with Crippen molar-refractivity contribution >= 4 is 34.9 Å². The van der Waals surface area contributed by atoms with Gasteiger partial charge in [-0.05, 0) is 25.5 Å². The third-order valence-corrected chi connectivity index (χ3v) is 8.37. The predicted octanol–water partition coefficient (Wildman–Crippen LogP) is 5.11. The largest absolute Gasteiger partial charge is 0.361 e. The number of nitrogens with zero attached hydrogens (tertiary/aromatic N) is 4. The lowest BCUT2D eigenvalue weighted by Gasteiger charge is -2.43. The third kappa shape index (κ3) is 4.34. The van der Waals surface area contributed by atoms with E-state index in [0.717, 1.165) is 11.1 Å². The van der Waals surface area contributed by atoms with E-state index in [1.165, 1.54) is 36.1 Å². The number of carbonyl (C=O) groups excluding carboxylic acids is 2. The molecule has 42 heavy (non-hydrogen) atoms. The number of amides is 2. The van der Waals surface area contributed by atoms with E-state index in [9.17, 15) is 18.4 Å². The first kappa shape index (κ1) is 27.9. The van der Waals surface area contributed by atoms with E-state index < -0.39 is 70.5 Å². The Balaban J connectivity index is 1.41. The molecule has 1 saturated carbocycles. The van der Waals surface area contributed by atoms with Crippen LogP contribution >= 0.6 is 11.6 Å². The highest BCUT2D eigenvalue weighted by Gasteiger charge is 2.49. The zero-order chi connectivity index (χ0) is 30.1. The van der Waals surface area contributed by atoms with Gasteiger partial charge in [-0.3, -0.25) is 9.59 Å². The first-order valence-corrected chi connectivity index (χ1v) is 13.4. The summed E-state index contributed by atoms with van der Waals surface area (Å²) in [6, 6.07) is 6.51. The lowest BCUT2D eigenvalue weighted by molar-refractivity contribution is -0.136. The number of halogens is 6. The molecule has 216 valence electrons. The van der Waals surface area contributed by atoms with Gasteiger partial charge in [-0.2, -0.15) is 5.26 Å². The number of carbonyl (C=O) groups is 2. The van der Waals surface area contributed by atoms with Gasteiger partial charge >= 0.3 is 0 Å². The fourth-order valence-electron chi connectivity index (χ4n) is 5.67. The number of fused-ring (bicyclic) bond motifs is 1. The molecular formula is C29H21ClF5N5O2. The van der Waals surface area contributed by atoms with E-state index in [2.05, 4.69) is 10.3 Å². The lowest BCUT2D eigenvalue weighted by atomic mass is 9.71. The van der Waals surface area contributed by atoms with Gasteiger partial charge in [0.25, 0.3) is 5.91 Å². The number of hydrogen-bond acceptors (Lipinski definition) is 5. The quantitative estimate of drug-likeness (QED) is 0.411. The molecule has 2 aliphatic heterocycles. The number of benzene rings is 2. The van der Waals surface area contributed by atoms with Crippen LogP contribution in [0.3, 0.4) is 0 Å². The second-order valence-corrected chi connectivity index (χ2v) is 11.3. The van der Waals surface area contributed by atoms with E-state index in [1.54, 1.807) is 0 Å². The van der Waals surface area contributed by atoms with Crippen molar-refractivity contribution in [3.8, 4) is 6.07 Å². The molecule has 13 heteroatoms. The van der Waals surface area contributed by atoms with Crippen LogP contribution in [-0.2, 0) is 10.2 Å². The summed E-state index contributed by atoms with van der Waals surface area (Å²) >= 11 is 6.05. The summed E-state index contributed by atoms with van der Waals surface area (Å²) in [6.07, 6.45) is 0.116. The smallest absolute Gasteiger partial charge is 0.260 e. The minimum absolute atomic E-state index is 0.107. The maximum atomic E-state index is 16.3. The van der Waals surface area contributed by atoms with Gasteiger partial charge in [-0.25, -0.2) is 26.9 Å². The molecule has 1 aromatic heterocycles. The Morgan fingerprint density at radius 2 is 1.88 bits per heavy atom. The Hall–Kier alpha value is -4.24. The minimum atomic E-state index is -1.68. The Kier molecular flexibility index (Phi) is 6.61. The maximum Gasteiger partial charge on any atom is 0.260 e. The van der Waals surface area contributed by atoms with Crippen molar-refractivity contribution < 1.29 is 31.5 Å². The molecule has 0 radical (unpaired) electrons. The van der Waals surface area contributed by atoms with Crippen LogP contribution < -0.4 is 10.2 Å². The van der Waals surface area contributed by atoms with Crippen LogP contribution in [0.4, 0.5) is 33.5 Å². The van der Waals surface area contributed by atoms with Crippen LogP contribution in [0.2, 0.25) is 5.02 Å². The molecule has 6 rings (SSSR count). The number of anilines is 2. The summed E-state index contributed by atoms with van der Waals surface area (Å²) in [6.45, 7) is 1.31. The van der Waals surface area contributed by atoms with Gasteiger partial charge in [0.05, 0.1) is 33.8 Å². The van der Waals surface area contributed by atoms with Gasteiger partial charge < -0.3 is 15.1 Å². The fourth-order valence-corrected chi connectivity index (χ4v) is 5.85. The number of pyridine rings is 1. The Labute approximate surface area is 241 Å². The number of nitriles is 1. The van der Waals surface area contributed by atoms with Gasteiger partial charge in [0.2, 0.25) is 5.91 Å². The molecule has 3 heterocycles. The summed E-state index contributed by atoms with van der Waals surface area (Å²) in [7, 11) is 0. The van der Waals surface area contributed by atoms with Gasteiger partial charge in [0.15, 0.2) is 11.6 Å².